The Hall–Kier alpha value is -2.69. The minimum Gasteiger partial charge on any atom is -0.348 e. The molecule has 0 radical (unpaired) electrons. The first-order valence-electron chi connectivity index (χ1n) is 10.8. The van der Waals surface area contributed by atoms with Crippen LogP contribution in [0.2, 0.25) is 5.02 Å². The van der Waals surface area contributed by atoms with Crippen molar-refractivity contribution < 1.29 is 4.79 Å². The van der Waals surface area contributed by atoms with Gasteiger partial charge in [0, 0.05) is 29.5 Å². The van der Waals surface area contributed by atoms with Crippen molar-refractivity contribution in [1.29, 1.82) is 0 Å². The fourth-order valence-corrected chi connectivity index (χ4v) is 4.20. The zero-order valence-corrected chi connectivity index (χ0v) is 18.6. The molecule has 0 atom stereocenters. The molecule has 3 aromatic rings. The van der Waals surface area contributed by atoms with E-state index in [0.717, 1.165) is 41.0 Å². The third-order valence-corrected chi connectivity index (χ3v) is 6.02. The molecule has 0 spiro atoms. The average Bonchev–Trinajstić information content (AvgIpc) is 3.58. The highest BCUT2D eigenvalue weighted by atomic mass is 35.5. The van der Waals surface area contributed by atoms with Crippen LogP contribution in [0.4, 0.5) is 0 Å². The van der Waals surface area contributed by atoms with Gasteiger partial charge in [0.15, 0.2) is 0 Å². The van der Waals surface area contributed by atoms with Gasteiger partial charge in [0.1, 0.15) is 0 Å². The second-order valence-corrected chi connectivity index (χ2v) is 8.84. The van der Waals surface area contributed by atoms with Crippen molar-refractivity contribution in [2.24, 2.45) is 11.7 Å². The Kier molecular flexibility index (Phi) is 6.69. The topological polar surface area (TPSA) is 68.0 Å². The zero-order valence-electron chi connectivity index (χ0n) is 17.8. The number of hydrogen-bond donors (Lipinski definition) is 2. The lowest BCUT2D eigenvalue weighted by Gasteiger charge is -2.13. The van der Waals surface area contributed by atoms with Gasteiger partial charge in [0.25, 0.3) is 5.91 Å². The standard InChI is InChI=1S/C26H28ClN3O/c1-17-10-20(25-7-9-29-15-23(25)12-18-2-3-18)13-21(11-17)26(31)30-16-22-14-24(27)5-4-19(22)6-8-28/h4-5,7,9-11,13-15,18H,2-3,6,8,12,16,28H2,1H3,(H,30,31). The lowest BCUT2D eigenvalue weighted by Crippen LogP contribution is -2.24. The third-order valence-electron chi connectivity index (χ3n) is 5.78. The molecule has 1 heterocycles. The van der Waals surface area contributed by atoms with E-state index in [4.69, 9.17) is 17.3 Å². The van der Waals surface area contributed by atoms with Gasteiger partial charge >= 0.3 is 0 Å². The summed E-state index contributed by atoms with van der Waals surface area (Å²) < 4.78 is 0. The van der Waals surface area contributed by atoms with E-state index in [2.05, 4.69) is 22.4 Å². The van der Waals surface area contributed by atoms with Gasteiger partial charge in [-0.15, -0.1) is 0 Å². The van der Waals surface area contributed by atoms with Crippen molar-refractivity contribution in [2.45, 2.75) is 39.2 Å². The zero-order chi connectivity index (χ0) is 21.8. The summed E-state index contributed by atoms with van der Waals surface area (Å²) in [6, 6.07) is 13.8. The van der Waals surface area contributed by atoms with Crippen LogP contribution in [0.15, 0.2) is 54.9 Å². The summed E-state index contributed by atoms with van der Waals surface area (Å²) in [5.41, 5.74) is 13.0. The van der Waals surface area contributed by atoms with Gasteiger partial charge in [-0.25, -0.2) is 0 Å². The number of nitrogens with one attached hydrogen (secondary N) is 1. The predicted molar refractivity (Wildman–Crippen MR) is 126 cm³/mol. The molecule has 1 aliphatic carbocycles. The number of benzene rings is 2. The molecule has 31 heavy (non-hydrogen) atoms. The molecule has 1 saturated carbocycles. The number of hydrogen-bond acceptors (Lipinski definition) is 3. The monoisotopic (exact) mass is 433 g/mol. The number of aromatic nitrogens is 1. The molecule has 5 heteroatoms. The van der Waals surface area contributed by atoms with Crippen molar-refractivity contribution in [3.05, 3.63) is 87.7 Å². The van der Waals surface area contributed by atoms with E-state index >= 15 is 0 Å². The van der Waals surface area contributed by atoms with Crippen molar-refractivity contribution >= 4 is 17.5 Å². The number of rotatable bonds is 8. The molecule has 2 aromatic carbocycles. The van der Waals surface area contributed by atoms with Gasteiger partial charge in [-0.3, -0.25) is 9.78 Å². The minimum absolute atomic E-state index is 0.0959. The lowest BCUT2D eigenvalue weighted by molar-refractivity contribution is 0.0951. The molecule has 0 bridgehead atoms. The molecule has 3 N–H and O–H groups in total. The first-order valence-corrected chi connectivity index (χ1v) is 11.2. The summed E-state index contributed by atoms with van der Waals surface area (Å²) in [6.07, 6.45) is 8.19. The summed E-state index contributed by atoms with van der Waals surface area (Å²) in [5, 5.41) is 3.71. The quantitative estimate of drug-likeness (QED) is 0.519. The molecule has 1 aliphatic rings. The number of pyridine rings is 1. The maximum atomic E-state index is 13.0. The van der Waals surface area contributed by atoms with Gasteiger partial charge < -0.3 is 11.1 Å². The first kappa shape index (κ1) is 21.5. The van der Waals surface area contributed by atoms with Crippen LogP contribution < -0.4 is 11.1 Å². The van der Waals surface area contributed by atoms with Gasteiger partial charge in [-0.1, -0.05) is 23.7 Å². The molecule has 1 aromatic heterocycles. The Labute approximate surface area is 188 Å². The number of nitrogens with two attached hydrogens (primary N) is 1. The second kappa shape index (κ2) is 9.63. The summed E-state index contributed by atoms with van der Waals surface area (Å²) in [5.74, 6) is 0.678. The number of amides is 1. The maximum Gasteiger partial charge on any atom is 0.251 e. The fraction of sp³-hybridized carbons (Fsp3) is 0.308. The normalized spacial score (nSPS) is 13.3. The van der Waals surface area contributed by atoms with E-state index < -0.39 is 0 Å². The van der Waals surface area contributed by atoms with Crippen molar-refractivity contribution in [3.63, 3.8) is 0 Å². The second-order valence-electron chi connectivity index (χ2n) is 8.40. The van der Waals surface area contributed by atoms with Crippen molar-refractivity contribution in [1.82, 2.24) is 10.3 Å². The van der Waals surface area contributed by atoms with Gasteiger partial charge in [-0.05, 0) is 109 Å². The molecule has 1 amide bonds. The van der Waals surface area contributed by atoms with Gasteiger partial charge in [0.05, 0.1) is 0 Å². The third kappa shape index (κ3) is 5.52. The van der Waals surface area contributed by atoms with E-state index in [-0.39, 0.29) is 5.91 Å². The number of carbonyl (C=O) groups excluding carboxylic acids is 1. The highest BCUT2D eigenvalue weighted by Crippen LogP contribution is 2.35. The van der Waals surface area contributed by atoms with E-state index in [0.29, 0.717) is 23.7 Å². The van der Waals surface area contributed by atoms with Crippen LogP contribution in [0, 0.1) is 12.8 Å². The molecule has 4 nitrogen and oxygen atoms in total. The van der Waals surface area contributed by atoms with Crippen LogP contribution in [0.3, 0.4) is 0 Å². The summed E-state index contributed by atoms with van der Waals surface area (Å²) in [6.45, 7) is 3.00. The Balaban J connectivity index is 1.55. The van der Waals surface area contributed by atoms with Crippen LogP contribution in [-0.2, 0) is 19.4 Å². The highest BCUT2D eigenvalue weighted by molar-refractivity contribution is 6.30. The molecule has 1 fully saturated rings. The fourth-order valence-electron chi connectivity index (χ4n) is 4.01. The van der Waals surface area contributed by atoms with Gasteiger partial charge in [0.2, 0.25) is 0 Å². The molecule has 4 rings (SSSR count). The molecular formula is C26H28ClN3O. The maximum absolute atomic E-state index is 13.0. The van der Waals surface area contributed by atoms with E-state index in [1.165, 1.54) is 24.0 Å². The summed E-state index contributed by atoms with van der Waals surface area (Å²) in [4.78, 5) is 17.3. The summed E-state index contributed by atoms with van der Waals surface area (Å²) in [7, 11) is 0. The van der Waals surface area contributed by atoms with Crippen LogP contribution >= 0.6 is 11.6 Å². The summed E-state index contributed by atoms with van der Waals surface area (Å²) >= 11 is 6.16. The van der Waals surface area contributed by atoms with Crippen LogP contribution in [0.1, 0.15) is 45.5 Å². The molecular weight excluding hydrogens is 406 g/mol. The Morgan fingerprint density at radius 2 is 1.97 bits per heavy atom. The number of aryl methyl sites for hydroxylation is 1. The van der Waals surface area contributed by atoms with E-state index in [1.807, 2.05) is 49.6 Å². The predicted octanol–water partition coefficient (Wildman–Crippen LogP) is 5.09. The molecule has 0 unspecified atom stereocenters. The SMILES string of the molecule is Cc1cc(C(=O)NCc2cc(Cl)ccc2CCN)cc(-c2ccncc2CC2CC2)c1. The number of carbonyl (C=O) groups is 1. The lowest BCUT2D eigenvalue weighted by atomic mass is 9.95. The van der Waals surface area contributed by atoms with Crippen LogP contribution in [0.25, 0.3) is 11.1 Å². The molecule has 0 saturated heterocycles. The highest BCUT2D eigenvalue weighted by Gasteiger charge is 2.23. The van der Waals surface area contributed by atoms with Crippen LogP contribution in [0.5, 0.6) is 0 Å². The largest absolute Gasteiger partial charge is 0.348 e. The average molecular weight is 434 g/mol. The molecule has 0 aliphatic heterocycles. The smallest absolute Gasteiger partial charge is 0.251 e. The van der Waals surface area contributed by atoms with Crippen molar-refractivity contribution in [3.8, 4) is 11.1 Å². The minimum atomic E-state index is -0.0959. The van der Waals surface area contributed by atoms with Crippen molar-refractivity contribution in [2.75, 3.05) is 6.54 Å². The van der Waals surface area contributed by atoms with E-state index in [9.17, 15) is 4.79 Å². The number of halogens is 1. The first-order chi connectivity index (χ1) is 15.0. The van der Waals surface area contributed by atoms with E-state index in [1.54, 1.807) is 0 Å². The van der Waals surface area contributed by atoms with Gasteiger partial charge in [-0.2, -0.15) is 0 Å². The Morgan fingerprint density at radius 3 is 2.74 bits per heavy atom. The van der Waals surface area contributed by atoms with Crippen LogP contribution in [-0.4, -0.2) is 17.4 Å². The Morgan fingerprint density at radius 1 is 1.13 bits per heavy atom. The number of nitrogens with zero attached hydrogens (tertiary/aromatic N) is 1. The molecule has 160 valence electrons. The Bertz CT molecular complexity index is 1090.